The summed E-state index contributed by atoms with van der Waals surface area (Å²) in [6.07, 6.45) is 0. The Kier molecular flexibility index (Phi) is 2.99. The number of nitroso groups, excluding NO2 is 1. The molecule has 0 rings (SSSR count). The summed E-state index contributed by atoms with van der Waals surface area (Å²) in [4.78, 5) is 8.86. The molecule has 0 fully saturated rings. The third kappa shape index (κ3) is 3.40. The molecule has 0 saturated heterocycles. The van der Waals surface area contributed by atoms with Crippen LogP contribution in [0.5, 0.6) is 0 Å². The molecule has 25 valence electrons. The largest absolute Gasteiger partial charge is 0.523 e. The van der Waals surface area contributed by atoms with Crippen molar-refractivity contribution in [3.8, 4) is 0 Å². The van der Waals surface area contributed by atoms with Crippen molar-refractivity contribution in [1.29, 1.82) is 0 Å². The SMILES string of the molecule is O=[N+]N=C=S. The fourth-order valence-corrected chi connectivity index (χ4v) is 0.0500. The molecule has 0 aliphatic rings. The quantitative estimate of drug-likeness (QED) is 0.259. The molecule has 0 aromatic heterocycles. The van der Waals surface area contributed by atoms with Gasteiger partial charge in [-0.3, -0.25) is 0 Å². The highest BCUT2D eigenvalue weighted by Crippen LogP contribution is 1.38. The van der Waals surface area contributed by atoms with Gasteiger partial charge in [-0.2, -0.15) is 0 Å². The van der Waals surface area contributed by atoms with Gasteiger partial charge in [-0.05, 0) is 0 Å². The van der Waals surface area contributed by atoms with E-state index < -0.39 is 0 Å². The lowest BCUT2D eigenvalue weighted by Gasteiger charge is -1.16. The highest BCUT2D eigenvalue weighted by molar-refractivity contribution is 7.78. The Bertz CT molecular complexity index is 73.7. The summed E-state index contributed by atoms with van der Waals surface area (Å²) in [7, 11) is 0. The lowest BCUT2D eigenvalue weighted by molar-refractivity contribution is 1.09. The molecule has 5 heavy (non-hydrogen) atoms. The molecule has 0 amide bonds. The molecule has 3 nitrogen and oxygen atoms in total. The lowest BCUT2D eigenvalue weighted by atomic mass is 11.7. The predicted molar refractivity (Wildman–Crippen MR) is 20.5 cm³/mol. The number of hydrogen-bond donors (Lipinski definition) is 0. The second-order valence-corrected chi connectivity index (χ2v) is 0.456. The Morgan fingerprint density at radius 2 is 2.60 bits per heavy atom. The van der Waals surface area contributed by atoms with Crippen molar-refractivity contribution in [1.82, 2.24) is 5.29 Å². The molecule has 0 N–H and O–H groups in total. The van der Waals surface area contributed by atoms with Gasteiger partial charge in [-0.15, -0.1) is 0 Å². The van der Waals surface area contributed by atoms with E-state index in [0.29, 0.717) is 0 Å². The molecule has 4 heteroatoms. The van der Waals surface area contributed by atoms with E-state index in [2.05, 4.69) is 17.3 Å². The van der Waals surface area contributed by atoms with Crippen molar-refractivity contribution in [3.05, 3.63) is 4.91 Å². The van der Waals surface area contributed by atoms with Crippen molar-refractivity contribution >= 4 is 17.4 Å². The molecule has 0 bridgehead atoms. The molecule has 0 aromatic rings. The van der Waals surface area contributed by atoms with E-state index in [1.54, 1.807) is 5.16 Å². The van der Waals surface area contributed by atoms with E-state index >= 15 is 0 Å². The minimum Gasteiger partial charge on any atom is 0.000515 e. The predicted octanol–water partition coefficient (Wildman–Crippen LogP) is 0.106. The van der Waals surface area contributed by atoms with E-state index in [9.17, 15) is 0 Å². The van der Waals surface area contributed by atoms with Crippen LogP contribution in [-0.4, -0.2) is 5.16 Å². The average Bonchev–Trinajstić information content (AvgIpc) is 1.41. The molecular formula is CN2OS+. The van der Waals surface area contributed by atoms with Crippen molar-refractivity contribution in [2.24, 2.45) is 5.10 Å². The van der Waals surface area contributed by atoms with Gasteiger partial charge < -0.3 is 0 Å². The van der Waals surface area contributed by atoms with Crippen molar-refractivity contribution in [3.63, 3.8) is 0 Å². The second kappa shape index (κ2) is 3.40. The molecule has 0 aromatic carbocycles. The topological polar surface area (TPSA) is 43.5 Å². The third-order valence-corrected chi connectivity index (χ3v) is 0.163. The van der Waals surface area contributed by atoms with Crippen LogP contribution >= 0.6 is 12.2 Å². The molecule has 0 saturated carbocycles. The van der Waals surface area contributed by atoms with Crippen LogP contribution in [0.15, 0.2) is 5.10 Å². The van der Waals surface area contributed by atoms with Gasteiger partial charge in [-0.25, -0.2) is 0 Å². The first-order valence-electron chi connectivity index (χ1n) is 0.810. The van der Waals surface area contributed by atoms with Gasteiger partial charge in [0.25, 0.3) is 0 Å². The number of thiocarbonyl (C=S) groups is 1. The van der Waals surface area contributed by atoms with Crippen LogP contribution in [0.3, 0.4) is 0 Å². The minimum atomic E-state index is 1.75. The van der Waals surface area contributed by atoms with Crippen LogP contribution in [0.2, 0.25) is 0 Å². The summed E-state index contributed by atoms with van der Waals surface area (Å²) < 4.78 is 0. The Hall–Kier alpha value is -0.600. The fraction of sp³-hybridized carbons (Fsp3) is 0. The standard InChI is InChI=1S/CN2OS/c4-3-2-1-5/q+1. The van der Waals surface area contributed by atoms with E-state index in [0.717, 1.165) is 0 Å². The van der Waals surface area contributed by atoms with Crippen LogP contribution in [0.25, 0.3) is 0 Å². The maximum atomic E-state index is 8.86. The molecule has 0 atom stereocenters. The zero-order valence-corrected chi connectivity index (χ0v) is 3.03. The van der Waals surface area contributed by atoms with E-state index in [-0.39, 0.29) is 0 Å². The Labute approximate surface area is 33.7 Å². The normalized spacial score (nSPS) is 4.80. The van der Waals surface area contributed by atoms with Gasteiger partial charge >= 0.3 is 5.29 Å². The summed E-state index contributed by atoms with van der Waals surface area (Å²) in [5.74, 6) is 0. The molecule has 0 aliphatic heterocycles. The molecule has 0 aliphatic carbocycles. The Morgan fingerprint density at radius 1 is 2.00 bits per heavy atom. The third-order valence-electron chi connectivity index (χ3n) is 0.0816. The first kappa shape index (κ1) is 4.40. The molecule has 0 heterocycles. The van der Waals surface area contributed by atoms with Gasteiger partial charge in [0.15, 0.2) is 5.10 Å². The molecular weight excluding hydrogens is 88.1 g/mol. The van der Waals surface area contributed by atoms with Gasteiger partial charge in [0.1, 0.15) is 10.1 Å². The van der Waals surface area contributed by atoms with Crippen LogP contribution in [-0.2, 0) is 0 Å². The smallest absolute Gasteiger partial charge is 0.000515 e. The number of nitrogens with zero attached hydrogens (tertiary/aromatic N) is 2. The minimum absolute atomic E-state index is 1.75. The fourth-order valence-electron chi connectivity index (χ4n) is 0.0167. The monoisotopic (exact) mass is 88.0 g/mol. The lowest BCUT2D eigenvalue weighted by Crippen LogP contribution is -1.57. The maximum Gasteiger partial charge on any atom is 0.523 e. The number of isothiocyanates is 1. The summed E-state index contributed by atoms with van der Waals surface area (Å²) >= 11 is 3.94. The van der Waals surface area contributed by atoms with Gasteiger partial charge in [0.2, 0.25) is 0 Å². The van der Waals surface area contributed by atoms with Gasteiger partial charge in [0.05, 0.1) is 0 Å². The van der Waals surface area contributed by atoms with E-state index in [1.807, 2.05) is 5.29 Å². The van der Waals surface area contributed by atoms with E-state index in [1.165, 1.54) is 0 Å². The summed E-state index contributed by atoms with van der Waals surface area (Å²) in [5, 5.41) is 6.37. The summed E-state index contributed by atoms with van der Waals surface area (Å²) in [5.41, 5.74) is 0. The van der Waals surface area contributed by atoms with Crippen LogP contribution in [0, 0.1) is 4.91 Å². The first-order chi connectivity index (χ1) is 2.41. The van der Waals surface area contributed by atoms with Crippen LogP contribution in [0.1, 0.15) is 0 Å². The molecule has 0 unspecified atom stereocenters. The summed E-state index contributed by atoms with van der Waals surface area (Å²) in [6.45, 7) is 0. The zero-order valence-electron chi connectivity index (χ0n) is 2.21. The van der Waals surface area contributed by atoms with Gasteiger partial charge in [0, 0.05) is 12.2 Å². The van der Waals surface area contributed by atoms with E-state index in [4.69, 9.17) is 4.91 Å². The second-order valence-electron chi connectivity index (χ2n) is 0.273. The maximum absolute atomic E-state index is 8.86. The molecule has 1 radical (unpaired) electrons. The number of hydrogen-bond acceptors (Lipinski definition) is 3. The highest BCUT2D eigenvalue weighted by Gasteiger charge is 1.72. The zero-order chi connectivity index (χ0) is 4.12. The van der Waals surface area contributed by atoms with Gasteiger partial charge in [-0.1, -0.05) is 0 Å². The highest BCUT2D eigenvalue weighted by atomic mass is 32.1. The van der Waals surface area contributed by atoms with Crippen LogP contribution < -0.4 is 5.29 Å². The first-order valence-corrected chi connectivity index (χ1v) is 1.22. The Morgan fingerprint density at radius 3 is 2.60 bits per heavy atom. The average molecular weight is 88.1 g/mol. The summed E-state index contributed by atoms with van der Waals surface area (Å²) in [6, 6.07) is 0. The van der Waals surface area contributed by atoms with Crippen LogP contribution in [0.4, 0.5) is 0 Å². The molecule has 0 spiro atoms. The van der Waals surface area contributed by atoms with Crippen molar-refractivity contribution < 1.29 is 0 Å². The van der Waals surface area contributed by atoms with Crippen molar-refractivity contribution in [2.75, 3.05) is 0 Å². The number of rotatable bonds is 1. The Balaban J connectivity index is 3.31. The van der Waals surface area contributed by atoms with Crippen molar-refractivity contribution in [2.45, 2.75) is 0 Å².